The molecule has 0 radical (unpaired) electrons. The maximum atomic E-state index is 11.7. The minimum absolute atomic E-state index is 0.0456. The van der Waals surface area contributed by atoms with Crippen LogP contribution in [0.1, 0.15) is 6.42 Å². The highest BCUT2D eigenvalue weighted by Gasteiger charge is 2.25. The van der Waals surface area contributed by atoms with E-state index >= 15 is 0 Å². The van der Waals surface area contributed by atoms with Gasteiger partial charge in [-0.3, -0.25) is 4.79 Å². The first-order valence-corrected chi connectivity index (χ1v) is 6.58. The summed E-state index contributed by atoms with van der Waals surface area (Å²) in [6, 6.07) is 0.112. The van der Waals surface area contributed by atoms with Gasteiger partial charge in [0.1, 0.15) is 6.61 Å². The molecule has 1 fully saturated rings. The van der Waals surface area contributed by atoms with Crippen LogP contribution in [0.3, 0.4) is 0 Å². The van der Waals surface area contributed by atoms with Gasteiger partial charge >= 0.3 is 0 Å². The number of nitrogens with two attached hydrogens (primary N) is 1. The molecule has 1 aliphatic carbocycles. The third-order valence-corrected chi connectivity index (χ3v) is 3.31. The number of hydrogen-bond acceptors (Lipinski definition) is 5. The second kappa shape index (κ2) is 6.70. The quantitative estimate of drug-likeness (QED) is 0.592. The Labute approximate surface area is 112 Å². The monoisotopic (exact) mass is 267 g/mol. The van der Waals surface area contributed by atoms with Crippen molar-refractivity contribution in [3.8, 4) is 0 Å². The van der Waals surface area contributed by atoms with E-state index in [1.54, 1.807) is 0 Å². The zero-order chi connectivity index (χ0) is 13.7. The van der Waals surface area contributed by atoms with E-state index in [1.807, 2.05) is 23.1 Å². The van der Waals surface area contributed by atoms with Crippen molar-refractivity contribution < 1.29 is 14.6 Å². The zero-order valence-electron chi connectivity index (χ0n) is 10.9. The molecule has 6 nitrogen and oxygen atoms in total. The second-order valence-corrected chi connectivity index (χ2v) is 4.73. The molecule has 2 atom stereocenters. The standard InChI is InChI=1S/C13H21N3O3/c14-7-12(17)8-15-10-1-3-11(4-2-10)16-5-6-19-9-13(16)18/h1-3,11-12,15,17H,4-9,14H2/t11?,12-/m0/s1. The number of carbonyl (C=O) groups excluding carboxylic acids is 1. The lowest BCUT2D eigenvalue weighted by Crippen LogP contribution is -2.47. The van der Waals surface area contributed by atoms with E-state index in [0.29, 0.717) is 19.7 Å². The highest BCUT2D eigenvalue weighted by Crippen LogP contribution is 2.16. The van der Waals surface area contributed by atoms with Crippen LogP contribution in [-0.4, -0.2) is 60.9 Å². The van der Waals surface area contributed by atoms with Crippen molar-refractivity contribution in [3.63, 3.8) is 0 Å². The summed E-state index contributed by atoms with van der Waals surface area (Å²) in [6.45, 7) is 2.12. The van der Waals surface area contributed by atoms with Gasteiger partial charge in [-0.05, 0) is 12.5 Å². The minimum atomic E-state index is -0.534. The minimum Gasteiger partial charge on any atom is -0.390 e. The van der Waals surface area contributed by atoms with E-state index in [1.165, 1.54) is 0 Å². The van der Waals surface area contributed by atoms with Gasteiger partial charge in [0.05, 0.1) is 18.8 Å². The summed E-state index contributed by atoms with van der Waals surface area (Å²) in [4.78, 5) is 13.6. The molecule has 1 heterocycles. The Morgan fingerprint density at radius 2 is 2.47 bits per heavy atom. The summed E-state index contributed by atoms with van der Waals surface area (Å²) in [5, 5.41) is 12.5. The predicted molar refractivity (Wildman–Crippen MR) is 71.2 cm³/mol. The first kappa shape index (κ1) is 14.0. The number of aliphatic hydroxyl groups is 1. The number of hydrogen-bond donors (Lipinski definition) is 3. The fraction of sp³-hybridized carbons (Fsp3) is 0.615. The fourth-order valence-electron chi connectivity index (χ4n) is 2.17. The van der Waals surface area contributed by atoms with Crippen molar-refractivity contribution in [2.75, 3.05) is 32.8 Å². The maximum Gasteiger partial charge on any atom is 0.249 e. The molecule has 0 aromatic heterocycles. The van der Waals surface area contributed by atoms with Crippen LogP contribution in [0.15, 0.2) is 23.9 Å². The molecule has 4 N–H and O–H groups in total. The van der Waals surface area contributed by atoms with Crippen LogP contribution in [0.4, 0.5) is 0 Å². The van der Waals surface area contributed by atoms with E-state index in [2.05, 4.69) is 5.32 Å². The molecular weight excluding hydrogens is 246 g/mol. The van der Waals surface area contributed by atoms with Crippen LogP contribution in [0, 0.1) is 0 Å². The largest absolute Gasteiger partial charge is 0.390 e. The van der Waals surface area contributed by atoms with Gasteiger partial charge in [0.2, 0.25) is 5.91 Å². The summed E-state index contributed by atoms with van der Waals surface area (Å²) in [5.41, 5.74) is 6.30. The average molecular weight is 267 g/mol. The molecule has 1 aliphatic heterocycles. The number of aliphatic hydroxyl groups excluding tert-OH is 1. The molecule has 0 saturated carbocycles. The first-order chi connectivity index (χ1) is 9.20. The van der Waals surface area contributed by atoms with Crippen molar-refractivity contribution in [3.05, 3.63) is 23.9 Å². The Kier molecular flexibility index (Phi) is 4.95. The lowest BCUT2D eigenvalue weighted by Gasteiger charge is -2.33. The Bertz CT molecular complexity index is 381. The van der Waals surface area contributed by atoms with Gasteiger partial charge in [0, 0.05) is 25.3 Å². The smallest absolute Gasteiger partial charge is 0.249 e. The van der Waals surface area contributed by atoms with E-state index in [0.717, 1.165) is 12.1 Å². The Morgan fingerprint density at radius 3 is 3.11 bits per heavy atom. The van der Waals surface area contributed by atoms with E-state index in [9.17, 15) is 9.90 Å². The van der Waals surface area contributed by atoms with Gasteiger partial charge in [-0.1, -0.05) is 12.2 Å². The van der Waals surface area contributed by atoms with Gasteiger partial charge in [0.25, 0.3) is 0 Å². The van der Waals surface area contributed by atoms with Crippen molar-refractivity contribution in [2.24, 2.45) is 5.73 Å². The van der Waals surface area contributed by atoms with Crippen LogP contribution in [-0.2, 0) is 9.53 Å². The van der Waals surface area contributed by atoms with E-state index < -0.39 is 6.10 Å². The lowest BCUT2D eigenvalue weighted by atomic mass is 10.0. The third kappa shape index (κ3) is 3.79. The summed E-state index contributed by atoms with van der Waals surface area (Å²) >= 11 is 0. The third-order valence-electron chi connectivity index (χ3n) is 3.31. The molecule has 1 unspecified atom stereocenters. The molecule has 2 rings (SSSR count). The zero-order valence-corrected chi connectivity index (χ0v) is 10.9. The number of rotatable bonds is 5. The SMILES string of the molecule is NC[C@H](O)CNC1=CCC(N2CCOCC2=O)C=C1. The van der Waals surface area contributed by atoms with Crippen LogP contribution in [0.2, 0.25) is 0 Å². The number of morpholine rings is 1. The second-order valence-electron chi connectivity index (χ2n) is 4.73. The topological polar surface area (TPSA) is 87.8 Å². The maximum absolute atomic E-state index is 11.7. The Balaban J connectivity index is 1.82. The number of ether oxygens (including phenoxy) is 1. The highest BCUT2D eigenvalue weighted by molar-refractivity contribution is 5.78. The highest BCUT2D eigenvalue weighted by atomic mass is 16.5. The van der Waals surface area contributed by atoms with Gasteiger partial charge < -0.3 is 25.8 Å². The first-order valence-electron chi connectivity index (χ1n) is 6.58. The fourth-order valence-corrected chi connectivity index (χ4v) is 2.17. The molecule has 0 spiro atoms. The number of carbonyl (C=O) groups is 1. The van der Waals surface area contributed by atoms with E-state index in [-0.39, 0.29) is 25.1 Å². The summed E-state index contributed by atoms with van der Waals surface area (Å²) < 4.78 is 5.12. The molecule has 0 aromatic rings. The molecule has 2 aliphatic rings. The summed E-state index contributed by atoms with van der Waals surface area (Å²) in [5.74, 6) is 0.0456. The van der Waals surface area contributed by atoms with Crippen LogP contribution >= 0.6 is 0 Å². The molecule has 1 amide bonds. The molecule has 0 aromatic carbocycles. The molecule has 1 saturated heterocycles. The van der Waals surface area contributed by atoms with Crippen molar-refractivity contribution in [2.45, 2.75) is 18.6 Å². The van der Waals surface area contributed by atoms with Crippen molar-refractivity contribution >= 4 is 5.91 Å². The molecule has 0 bridgehead atoms. The van der Waals surface area contributed by atoms with Crippen LogP contribution < -0.4 is 11.1 Å². The number of amides is 1. The Hall–Kier alpha value is -1.37. The molecule has 106 valence electrons. The van der Waals surface area contributed by atoms with Crippen molar-refractivity contribution in [1.29, 1.82) is 0 Å². The number of nitrogens with zero attached hydrogens (tertiary/aromatic N) is 1. The summed E-state index contributed by atoms with van der Waals surface area (Å²) in [7, 11) is 0. The van der Waals surface area contributed by atoms with Gasteiger partial charge in [-0.25, -0.2) is 0 Å². The molecular formula is C13H21N3O3. The number of nitrogens with one attached hydrogen (secondary N) is 1. The molecule has 19 heavy (non-hydrogen) atoms. The van der Waals surface area contributed by atoms with E-state index in [4.69, 9.17) is 10.5 Å². The van der Waals surface area contributed by atoms with Gasteiger partial charge in [-0.2, -0.15) is 0 Å². The van der Waals surface area contributed by atoms with Crippen LogP contribution in [0.25, 0.3) is 0 Å². The van der Waals surface area contributed by atoms with Gasteiger partial charge in [-0.15, -0.1) is 0 Å². The lowest BCUT2D eigenvalue weighted by molar-refractivity contribution is -0.144. The predicted octanol–water partition coefficient (Wildman–Crippen LogP) is -1.03. The van der Waals surface area contributed by atoms with Crippen molar-refractivity contribution in [1.82, 2.24) is 10.2 Å². The molecule has 6 heteroatoms. The summed E-state index contributed by atoms with van der Waals surface area (Å²) in [6.07, 6.45) is 6.24. The van der Waals surface area contributed by atoms with Crippen LogP contribution in [0.5, 0.6) is 0 Å². The normalized spacial score (nSPS) is 25.2. The van der Waals surface area contributed by atoms with Gasteiger partial charge in [0.15, 0.2) is 0 Å². The average Bonchev–Trinajstić information content (AvgIpc) is 2.46. The Morgan fingerprint density at radius 1 is 1.63 bits per heavy atom. The number of allylic oxidation sites excluding steroid dienone is 1.